The number of piperidine rings is 1. The molecule has 1 aliphatic rings. The van der Waals surface area contributed by atoms with Crippen LogP contribution >= 0.6 is 0 Å². The molecule has 3 heteroatoms. The Bertz CT molecular complexity index is 516. The standard InChI is InChI=1S/C14H17N3/c1-11-6-8-17(9-7-11)14-15-10-12-4-2-3-5-13(12)16-14/h2-5,10-11H,6-9H2,1H3. The van der Waals surface area contributed by atoms with Gasteiger partial charge < -0.3 is 4.90 Å². The number of nitrogens with zero attached hydrogens (tertiary/aromatic N) is 3. The van der Waals surface area contributed by atoms with E-state index >= 15 is 0 Å². The molecule has 3 nitrogen and oxygen atoms in total. The molecule has 0 N–H and O–H groups in total. The van der Waals surface area contributed by atoms with Gasteiger partial charge in [-0.1, -0.05) is 25.1 Å². The zero-order chi connectivity index (χ0) is 11.7. The van der Waals surface area contributed by atoms with Crippen LogP contribution in [0, 0.1) is 5.92 Å². The molecule has 0 radical (unpaired) electrons. The first kappa shape index (κ1) is 10.5. The van der Waals surface area contributed by atoms with Gasteiger partial charge in [0.05, 0.1) is 5.52 Å². The summed E-state index contributed by atoms with van der Waals surface area (Å²) >= 11 is 0. The zero-order valence-corrected chi connectivity index (χ0v) is 10.1. The molecule has 1 aliphatic heterocycles. The van der Waals surface area contributed by atoms with Gasteiger partial charge in [-0.3, -0.25) is 0 Å². The SMILES string of the molecule is CC1CCN(c2ncc3ccccc3n2)CC1. The van der Waals surface area contributed by atoms with Crippen LogP contribution in [0.25, 0.3) is 10.9 Å². The maximum absolute atomic E-state index is 4.64. The Hall–Kier alpha value is -1.64. The van der Waals surface area contributed by atoms with Gasteiger partial charge in [0.15, 0.2) is 0 Å². The lowest BCUT2D eigenvalue weighted by Gasteiger charge is -2.30. The van der Waals surface area contributed by atoms with Crippen LogP contribution in [0.5, 0.6) is 0 Å². The summed E-state index contributed by atoms with van der Waals surface area (Å²) in [6.07, 6.45) is 4.42. The van der Waals surface area contributed by atoms with E-state index in [1.165, 1.54) is 12.8 Å². The molecule has 0 unspecified atom stereocenters. The third-order valence-electron chi connectivity index (χ3n) is 3.54. The van der Waals surface area contributed by atoms with E-state index < -0.39 is 0 Å². The fourth-order valence-electron chi connectivity index (χ4n) is 2.32. The van der Waals surface area contributed by atoms with Crippen LogP contribution in [0.3, 0.4) is 0 Å². The summed E-state index contributed by atoms with van der Waals surface area (Å²) in [5, 5.41) is 1.11. The summed E-state index contributed by atoms with van der Waals surface area (Å²) < 4.78 is 0. The van der Waals surface area contributed by atoms with E-state index in [0.717, 1.165) is 35.9 Å². The molecule has 17 heavy (non-hydrogen) atoms. The number of rotatable bonds is 1. The molecule has 0 atom stereocenters. The number of benzene rings is 1. The Balaban J connectivity index is 1.90. The molecule has 0 spiro atoms. The van der Waals surface area contributed by atoms with Crippen molar-refractivity contribution < 1.29 is 0 Å². The lowest BCUT2D eigenvalue weighted by atomic mass is 10.00. The Kier molecular flexibility index (Phi) is 2.67. The molecule has 0 amide bonds. The van der Waals surface area contributed by atoms with E-state index in [2.05, 4.69) is 27.9 Å². The van der Waals surface area contributed by atoms with Crippen LogP contribution < -0.4 is 4.90 Å². The highest BCUT2D eigenvalue weighted by molar-refractivity contribution is 5.78. The second-order valence-electron chi connectivity index (χ2n) is 4.90. The number of fused-ring (bicyclic) bond motifs is 1. The number of hydrogen-bond donors (Lipinski definition) is 0. The van der Waals surface area contributed by atoms with Gasteiger partial charge in [0.2, 0.25) is 5.95 Å². The Morgan fingerprint density at radius 2 is 1.94 bits per heavy atom. The van der Waals surface area contributed by atoms with E-state index in [1.807, 2.05) is 24.4 Å². The Labute approximate surface area is 101 Å². The molecule has 0 aliphatic carbocycles. The molecule has 3 rings (SSSR count). The minimum atomic E-state index is 0.840. The van der Waals surface area contributed by atoms with Crippen LogP contribution in [0.2, 0.25) is 0 Å². The molecule has 1 aromatic heterocycles. The van der Waals surface area contributed by atoms with Gasteiger partial charge in [-0.2, -0.15) is 0 Å². The third-order valence-corrected chi connectivity index (χ3v) is 3.54. The average molecular weight is 227 g/mol. The largest absolute Gasteiger partial charge is 0.341 e. The molecule has 2 aromatic rings. The second kappa shape index (κ2) is 4.32. The quantitative estimate of drug-likeness (QED) is 0.750. The number of hydrogen-bond acceptors (Lipinski definition) is 3. The normalized spacial score (nSPS) is 17.6. The topological polar surface area (TPSA) is 29.0 Å². The van der Waals surface area contributed by atoms with E-state index in [9.17, 15) is 0 Å². The molecule has 2 heterocycles. The van der Waals surface area contributed by atoms with Crippen molar-refractivity contribution in [1.82, 2.24) is 9.97 Å². The fourth-order valence-corrected chi connectivity index (χ4v) is 2.32. The second-order valence-corrected chi connectivity index (χ2v) is 4.90. The van der Waals surface area contributed by atoms with E-state index in [-0.39, 0.29) is 0 Å². The van der Waals surface area contributed by atoms with Crippen molar-refractivity contribution in [3.05, 3.63) is 30.5 Å². The molecule has 0 saturated carbocycles. The van der Waals surface area contributed by atoms with Crippen molar-refractivity contribution in [3.63, 3.8) is 0 Å². The van der Waals surface area contributed by atoms with Crippen molar-refractivity contribution in [2.24, 2.45) is 5.92 Å². The fraction of sp³-hybridized carbons (Fsp3) is 0.429. The van der Waals surface area contributed by atoms with Gasteiger partial charge >= 0.3 is 0 Å². The Morgan fingerprint density at radius 1 is 1.18 bits per heavy atom. The van der Waals surface area contributed by atoms with Crippen LogP contribution in [-0.2, 0) is 0 Å². The minimum Gasteiger partial charge on any atom is -0.341 e. The lowest BCUT2D eigenvalue weighted by molar-refractivity contribution is 0.434. The van der Waals surface area contributed by atoms with Crippen LogP contribution in [0.15, 0.2) is 30.5 Å². The van der Waals surface area contributed by atoms with Crippen LogP contribution in [0.1, 0.15) is 19.8 Å². The average Bonchev–Trinajstić information content (AvgIpc) is 2.39. The highest BCUT2D eigenvalue weighted by Crippen LogP contribution is 2.21. The number of anilines is 1. The van der Waals surface area contributed by atoms with Crippen molar-refractivity contribution in [2.75, 3.05) is 18.0 Å². The van der Waals surface area contributed by atoms with Crippen molar-refractivity contribution in [2.45, 2.75) is 19.8 Å². The summed E-state index contributed by atoms with van der Waals surface area (Å²) in [5.74, 6) is 1.72. The predicted octanol–water partition coefficient (Wildman–Crippen LogP) is 2.87. The van der Waals surface area contributed by atoms with Gasteiger partial charge in [0.1, 0.15) is 0 Å². The zero-order valence-electron chi connectivity index (χ0n) is 10.1. The van der Waals surface area contributed by atoms with Crippen molar-refractivity contribution >= 4 is 16.9 Å². The summed E-state index contributed by atoms with van der Waals surface area (Å²) in [4.78, 5) is 11.4. The maximum Gasteiger partial charge on any atom is 0.225 e. The van der Waals surface area contributed by atoms with Gasteiger partial charge in [0, 0.05) is 24.7 Å². The van der Waals surface area contributed by atoms with Gasteiger partial charge in [-0.25, -0.2) is 9.97 Å². The third kappa shape index (κ3) is 2.09. The summed E-state index contributed by atoms with van der Waals surface area (Å²) in [5.41, 5.74) is 1.04. The first-order valence-corrected chi connectivity index (χ1v) is 6.29. The van der Waals surface area contributed by atoms with Crippen LogP contribution in [-0.4, -0.2) is 23.1 Å². The molecule has 1 fully saturated rings. The molecule has 1 saturated heterocycles. The van der Waals surface area contributed by atoms with E-state index in [0.29, 0.717) is 0 Å². The lowest BCUT2D eigenvalue weighted by Crippen LogP contribution is -2.34. The molecular formula is C14H17N3. The summed E-state index contributed by atoms with van der Waals surface area (Å²) in [7, 11) is 0. The smallest absolute Gasteiger partial charge is 0.225 e. The van der Waals surface area contributed by atoms with Crippen molar-refractivity contribution in [1.29, 1.82) is 0 Å². The highest BCUT2D eigenvalue weighted by Gasteiger charge is 2.17. The van der Waals surface area contributed by atoms with Crippen molar-refractivity contribution in [3.8, 4) is 0 Å². The van der Waals surface area contributed by atoms with E-state index in [1.54, 1.807) is 0 Å². The number of para-hydroxylation sites is 1. The highest BCUT2D eigenvalue weighted by atomic mass is 15.2. The van der Waals surface area contributed by atoms with Gasteiger partial charge in [0.25, 0.3) is 0 Å². The van der Waals surface area contributed by atoms with Gasteiger partial charge in [-0.05, 0) is 24.8 Å². The number of aromatic nitrogens is 2. The van der Waals surface area contributed by atoms with E-state index in [4.69, 9.17) is 0 Å². The first-order valence-electron chi connectivity index (χ1n) is 6.29. The monoisotopic (exact) mass is 227 g/mol. The first-order chi connectivity index (χ1) is 8.33. The molecule has 1 aromatic carbocycles. The molecule has 0 bridgehead atoms. The summed E-state index contributed by atoms with van der Waals surface area (Å²) in [6, 6.07) is 8.15. The Morgan fingerprint density at radius 3 is 2.76 bits per heavy atom. The summed E-state index contributed by atoms with van der Waals surface area (Å²) in [6.45, 7) is 4.48. The van der Waals surface area contributed by atoms with Crippen LogP contribution in [0.4, 0.5) is 5.95 Å². The van der Waals surface area contributed by atoms with Gasteiger partial charge in [-0.15, -0.1) is 0 Å². The molecular weight excluding hydrogens is 210 g/mol. The maximum atomic E-state index is 4.64. The minimum absolute atomic E-state index is 0.840. The predicted molar refractivity (Wildman–Crippen MR) is 70.1 cm³/mol. The molecule has 88 valence electrons.